The predicted octanol–water partition coefficient (Wildman–Crippen LogP) is 1.25. The normalized spacial score (nSPS) is 13.6. The molecule has 0 aliphatic rings. The van der Waals surface area contributed by atoms with Gasteiger partial charge >= 0.3 is 0 Å². The fourth-order valence-corrected chi connectivity index (χ4v) is 1.26. The van der Waals surface area contributed by atoms with E-state index in [1.807, 2.05) is 6.92 Å². The van der Waals surface area contributed by atoms with Crippen molar-refractivity contribution in [3.05, 3.63) is 0 Å². The molecule has 0 aliphatic heterocycles. The molecular formula is C7H15NOS. The topological polar surface area (TPSA) is 43.1 Å². The number of primary amides is 1. The molecular weight excluding hydrogens is 146 g/mol. The third kappa shape index (κ3) is 4.68. The van der Waals surface area contributed by atoms with Crippen LogP contribution in [0.1, 0.15) is 20.8 Å². The number of thioether (sulfide) groups is 1. The Morgan fingerprint density at radius 1 is 1.50 bits per heavy atom. The van der Waals surface area contributed by atoms with Crippen molar-refractivity contribution in [2.24, 2.45) is 11.7 Å². The molecule has 0 bridgehead atoms. The Balaban J connectivity index is 3.40. The Morgan fingerprint density at radius 2 is 2.00 bits per heavy atom. The number of carbonyl (C=O) groups is 1. The van der Waals surface area contributed by atoms with E-state index < -0.39 is 0 Å². The highest BCUT2D eigenvalue weighted by molar-refractivity contribution is 8.00. The second-order valence-corrected chi connectivity index (χ2v) is 4.15. The van der Waals surface area contributed by atoms with Gasteiger partial charge in [-0.15, -0.1) is 11.8 Å². The molecule has 0 heterocycles. The first-order valence-electron chi connectivity index (χ1n) is 3.45. The summed E-state index contributed by atoms with van der Waals surface area (Å²) < 4.78 is 0. The first-order chi connectivity index (χ1) is 4.54. The van der Waals surface area contributed by atoms with Gasteiger partial charge in [0, 0.05) is 0 Å². The Morgan fingerprint density at radius 3 is 2.30 bits per heavy atom. The fraction of sp³-hybridized carbons (Fsp3) is 0.857. The van der Waals surface area contributed by atoms with Gasteiger partial charge in [-0.05, 0) is 18.6 Å². The van der Waals surface area contributed by atoms with Gasteiger partial charge in [-0.3, -0.25) is 4.79 Å². The Kier molecular flexibility index (Phi) is 4.52. The summed E-state index contributed by atoms with van der Waals surface area (Å²) in [5.74, 6) is 1.42. The summed E-state index contributed by atoms with van der Waals surface area (Å²) in [4.78, 5) is 10.5. The average molecular weight is 161 g/mol. The molecule has 0 aromatic carbocycles. The maximum atomic E-state index is 10.5. The zero-order valence-electron chi connectivity index (χ0n) is 6.76. The molecule has 10 heavy (non-hydrogen) atoms. The Labute approximate surface area is 66.6 Å². The first-order valence-corrected chi connectivity index (χ1v) is 4.49. The monoisotopic (exact) mass is 161 g/mol. The van der Waals surface area contributed by atoms with E-state index in [0.717, 1.165) is 5.75 Å². The zero-order chi connectivity index (χ0) is 8.15. The van der Waals surface area contributed by atoms with Crippen LogP contribution in [-0.2, 0) is 4.79 Å². The van der Waals surface area contributed by atoms with Crippen LogP contribution in [0.3, 0.4) is 0 Å². The van der Waals surface area contributed by atoms with E-state index in [1.165, 1.54) is 0 Å². The number of rotatable bonds is 4. The molecule has 0 spiro atoms. The van der Waals surface area contributed by atoms with E-state index in [4.69, 9.17) is 5.73 Å². The molecule has 0 aromatic rings. The van der Waals surface area contributed by atoms with Crippen LogP contribution in [0.15, 0.2) is 0 Å². The van der Waals surface area contributed by atoms with Gasteiger partial charge in [-0.25, -0.2) is 0 Å². The molecule has 0 saturated carbocycles. The molecule has 3 heteroatoms. The lowest BCUT2D eigenvalue weighted by Gasteiger charge is -2.07. The lowest BCUT2D eigenvalue weighted by atomic mass is 10.3. The van der Waals surface area contributed by atoms with Crippen molar-refractivity contribution in [3.63, 3.8) is 0 Å². The van der Waals surface area contributed by atoms with Crippen LogP contribution < -0.4 is 5.73 Å². The molecule has 0 saturated heterocycles. The summed E-state index contributed by atoms with van der Waals surface area (Å²) in [5, 5.41) is -0.0394. The van der Waals surface area contributed by atoms with Crippen LogP contribution in [0.4, 0.5) is 0 Å². The molecule has 1 atom stereocenters. The minimum absolute atomic E-state index is 0.0394. The van der Waals surface area contributed by atoms with Crippen molar-refractivity contribution in [1.29, 1.82) is 0 Å². The molecule has 0 fully saturated rings. The lowest BCUT2D eigenvalue weighted by Crippen LogP contribution is -2.23. The third-order valence-electron chi connectivity index (χ3n) is 1.08. The highest BCUT2D eigenvalue weighted by Crippen LogP contribution is 2.13. The van der Waals surface area contributed by atoms with Crippen molar-refractivity contribution in [1.82, 2.24) is 0 Å². The van der Waals surface area contributed by atoms with Gasteiger partial charge < -0.3 is 5.73 Å². The Hall–Kier alpha value is -0.180. The maximum absolute atomic E-state index is 10.5. The smallest absolute Gasteiger partial charge is 0.230 e. The van der Waals surface area contributed by atoms with Crippen LogP contribution in [-0.4, -0.2) is 16.9 Å². The number of amides is 1. The van der Waals surface area contributed by atoms with Crippen LogP contribution >= 0.6 is 11.8 Å². The van der Waals surface area contributed by atoms with E-state index in [-0.39, 0.29) is 11.2 Å². The third-order valence-corrected chi connectivity index (χ3v) is 2.67. The van der Waals surface area contributed by atoms with Gasteiger partial charge in [-0.1, -0.05) is 13.8 Å². The molecule has 0 aromatic heterocycles. The molecule has 60 valence electrons. The van der Waals surface area contributed by atoms with Crippen molar-refractivity contribution in [3.8, 4) is 0 Å². The van der Waals surface area contributed by atoms with Gasteiger partial charge in [0.15, 0.2) is 0 Å². The highest BCUT2D eigenvalue weighted by Gasteiger charge is 2.08. The molecule has 0 rings (SSSR count). The van der Waals surface area contributed by atoms with Crippen molar-refractivity contribution >= 4 is 17.7 Å². The van der Waals surface area contributed by atoms with Crippen molar-refractivity contribution in [2.45, 2.75) is 26.0 Å². The molecule has 1 amide bonds. The van der Waals surface area contributed by atoms with Crippen LogP contribution in [0.2, 0.25) is 0 Å². The predicted molar refractivity (Wildman–Crippen MR) is 46.0 cm³/mol. The van der Waals surface area contributed by atoms with Gasteiger partial charge in [0.05, 0.1) is 5.25 Å². The zero-order valence-corrected chi connectivity index (χ0v) is 7.57. The van der Waals surface area contributed by atoms with Gasteiger partial charge in [-0.2, -0.15) is 0 Å². The van der Waals surface area contributed by atoms with Crippen molar-refractivity contribution in [2.75, 3.05) is 5.75 Å². The average Bonchev–Trinajstić information content (AvgIpc) is 1.82. The number of nitrogens with two attached hydrogens (primary N) is 1. The van der Waals surface area contributed by atoms with Crippen LogP contribution in [0.5, 0.6) is 0 Å². The van der Waals surface area contributed by atoms with Crippen LogP contribution in [0, 0.1) is 5.92 Å². The minimum Gasteiger partial charge on any atom is -0.369 e. The molecule has 0 aliphatic carbocycles. The summed E-state index contributed by atoms with van der Waals surface area (Å²) in [7, 11) is 0. The second kappa shape index (κ2) is 4.61. The summed E-state index contributed by atoms with van der Waals surface area (Å²) in [5.41, 5.74) is 5.06. The summed E-state index contributed by atoms with van der Waals surface area (Å²) in [6.45, 7) is 6.09. The quantitative estimate of drug-likeness (QED) is 0.674. The Bertz CT molecular complexity index is 114. The largest absolute Gasteiger partial charge is 0.369 e. The number of hydrogen-bond donors (Lipinski definition) is 1. The summed E-state index contributed by atoms with van der Waals surface area (Å²) >= 11 is 1.62. The molecule has 0 radical (unpaired) electrons. The van der Waals surface area contributed by atoms with Gasteiger partial charge in [0.25, 0.3) is 0 Å². The molecule has 1 unspecified atom stereocenters. The number of carbonyl (C=O) groups excluding carboxylic acids is 1. The standard InChI is InChI=1S/C7H15NOS/c1-5(2)4-10-6(3)7(8)9/h5-6H,4H2,1-3H3,(H2,8,9). The second-order valence-electron chi connectivity index (χ2n) is 2.77. The number of hydrogen-bond acceptors (Lipinski definition) is 2. The van der Waals surface area contributed by atoms with E-state index in [2.05, 4.69) is 13.8 Å². The van der Waals surface area contributed by atoms with Gasteiger partial charge in [0.1, 0.15) is 0 Å². The summed E-state index contributed by atoms with van der Waals surface area (Å²) in [6, 6.07) is 0. The van der Waals surface area contributed by atoms with Crippen LogP contribution in [0.25, 0.3) is 0 Å². The lowest BCUT2D eigenvalue weighted by molar-refractivity contribution is -0.117. The molecule has 2 N–H and O–H groups in total. The maximum Gasteiger partial charge on any atom is 0.230 e. The van der Waals surface area contributed by atoms with Crippen molar-refractivity contribution < 1.29 is 4.79 Å². The van der Waals surface area contributed by atoms with E-state index in [9.17, 15) is 4.79 Å². The minimum atomic E-state index is -0.217. The molecule has 2 nitrogen and oxygen atoms in total. The van der Waals surface area contributed by atoms with E-state index in [1.54, 1.807) is 11.8 Å². The summed E-state index contributed by atoms with van der Waals surface area (Å²) in [6.07, 6.45) is 0. The highest BCUT2D eigenvalue weighted by atomic mass is 32.2. The van der Waals surface area contributed by atoms with E-state index >= 15 is 0 Å². The van der Waals surface area contributed by atoms with E-state index in [0.29, 0.717) is 5.92 Å². The first kappa shape index (κ1) is 9.82. The fourth-order valence-electron chi connectivity index (χ4n) is 0.419. The van der Waals surface area contributed by atoms with Gasteiger partial charge in [0.2, 0.25) is 5.91 Å². The SMILES string of the molecule is CC(C)CSC(C)C(N)=O.